The lowest BCUT2D eigenvalue weighted by atomic mass is 9.85. The summed E-state index contributed by atoms with van der Waals surface area (Å²) in [6.45, 7) is 8.43. The third-order valence-electron chi connectivity index (χ3n) is 3.90. The second-order valence-electron chi connectivity index (χ2n) is 4.76. The first-order valence-corrected chi connectivity index (χ1v) is 6.07. The minimum absolute atomic E-state index is 0.00241. The van der Waals surface area contributed by atoms with Crippen LogP contribution in [-0.2, 0) is 4.74 Å². The number of ether oxygens (including phenoxy) is 1. The van der Waals surface area contributed by atoms with E-state index < -0.39 is 0 Å². The normalized spacial score (nSPS) is 16.6. The molecule has 0 heterocycles. The molecule has 2 atom stereocenters. The van der Waals surface area contributed by atoms with Gasteiger partial charge in [-0.15, -0.1) is 0 Å². The number of aryl methyl sites for hydroxylation is 1. The molecule has 0 saturated carbocycles. The van der Waals surface area contributed by atoms with E-state index in [-0.39, 0.29) is 11.6 Å². The van der Waals surface area contributed by atoms with Gasteiger partial charge in [0.2, 0.25) is 0 Å². The van der Waals surface area contributed by atoms with Crippen LogP contribution in [0.5, 0.6) is 0 Å². The van der Waals surface area contributed by atoms with Crippen molar-refractivity contribution in [3.8, 4) is 0 Å². The summed E-state index contributed by atoms with van der Waals surface area (Å²) in [7, 11) is 1.74. The van der Waals surface area contributed by atoms with Crippen molar-refractivity contribution in [1.82, 2.24) is 5.43 Å². The van der Waals surface area contributed by atoms with Gasteiger partial charge in [-0.25, -0.2) is 0 Å². The molecular weight excluding hydrogens is 212 g/mol. The zero-order valence-corrected chi connectivity index (χ0v) is 11.5. The minimum Gasteiger partial charge on any atom is -0.376 e. The topological polar surface area (TPSA) is 47.3 Å². The van der Waals surface area contributed by atoms with Gasteiger partial charge in [-0.1, -0.05) is 25.1 Å². The molecule has 0 aliphatic carbocycles. The van der Waals surface area contributed by atoms with E-state index in [4.69, 9.17) is 10.6 Å². The van der Waals surface area contributed by atoms with Crippen LogP contribution < -0.4 is 11.3 Å². The number of benzene rings is 1. The molecule has 0 bridgehead atoms. The molecular formula is C14H24N2O. The Bertz CT molecular complexity index is 372. The van der Waals surface area contributed by atoms with Crippen LogP contribution in [0.25, 0.3) is 0 Å². The Morgan fingerprint density at radius 1 is 1.41 bits per heavy atom. The summed E-state index contributed by atoms with van der Waals surface area (Å²) in [5.74, 6) is 5.73. The standard InChI is InChI=1S/C14H24N2O/c1-6-14(4,17-5)13(16-15)12-9-7-8-10(2)11(12)3/h7-9,13,16H,6,15H2,1-5H3. The molecule has 3 nitrogen and oxygen atoms in total. The molecule has 1 aromatic rings. The van der Waals surface area contributed by atoms with Crippen molar-refractivity contribution >= 4 is 0 Å². The van der Waals surface area contributed by atoms with Crippen LogP contribution in [0.15, 0.2) is 18.2 Å². The third-order valence-corrected chi connectivity index (χ3v) is 3.90. The van der Waals surface area contributed by atoms with E-state index >= 15 is 0 Å². The molecule has 0 aliphatic rings. The number of nitrogens with one attached hydrogen (secondary N) is 1. The van der Waals surface area contributed by atoms with E-state index in [1.165, 1.54) is 16.7 Å². The molecule has 3 N–H and O–H groups in total. The highest BCUT2D eigenvalue weighted by Gasteiger charge is 2.34. The quantitative estimate of drug-likeness (QED) is 0.610. The maximum atomic E-state index is 5.73. The Morgan fingerprint density at radius 3 is 2.53 bits per heavy atom. The summed E-state index contributed by atoms with van der Waals surface area (Å²) in [6.07, 6.45) is 0.895. The zero-order chi connectivity index (χ0) is 13.1. The highest BCUT2D eigenvalue weighted by molar-refractivity contribution is 5.36. The minimum atomic E-state index is -0.298. The summed E-state index contributed by atoms with van der Waals surface area (Å²) in [5, 5.41) is 0. The summed E-state index contributed by atoms with van der Waals surface area (Å²) < 4.78 is 5.65. The van der Waals surface area contributed by atoms with Crippen molar-refractivity contribution in [1.29, 1.82) is 0 Å². The number of rotatable bonds is 5. The first-order chi connectivity index (χ1) is 8.00. The molecule has 0 radical (unpaired) electrons. The number of hydrogen-bond acceptors (Lipinski definition) is 3. The molecule has 1 rings (SSSR count). The van der Waals surface area contributed by atoms with Crippen molar-refractivity contribution < 1.29 is 4.74 Å². The smallest absolute Gasteiger partial charge is 0.0854 e. The fourth-order valence-corrected chi connectivity index (χ4v) is 2.15. The number of methoxy groups -OCH3 is 1. The van der Waals surface area contributed by atoms with Crippen LogP contribution >= 0.6 is 0 Å². The van der Waals surface area contributed by atoms with Gasteiger partial charge >= 0.3 is 0 Å². The van der Waals surface area contributed by atoms with E-state index in [9.17, 15) is 0 Å². The lowest BCUT2D eigenvalue weighted by molar-refractivity contribution is -0.0302. The van der Waals surface area contributed by atoms with Crippen LogP contribution in [0.1, 0.15) is 43.0 Å². The van der Waals surface area contributed by atoms with Gasteiger partial charge < -0.3 is 4.74 Å². The Kier molecular flexibility index (Phi) is 4.69. The van der Waals surface area contributed by atoms with Crippen LogP contribution in [0.3, 0.4) is 0 Å². The lowest BCUT2D eigenvalue weighted by Crippen LogP contribution is -2.46. The molecule has 0 saturated heterocycles. The molecule has 1 aromatic carbocycles. The average Bonchev–Trinajstić information content (AvgIpc) is 2.35. The van der Waals surface area contributed by atoms with E-state index in [0.717, 1.165) is 6.42 Å². The molecule has 0 spiro atoms. The monoisotopic (exact) mass is 236 g/mol. The fraction of sp³-hybridized carbons (Fsp3) is 0.571. The average molecular weight is 236 g/mol. The molecule has 0 amide bonds. The Morgan fingerprint density at radius 2 is 2.06 bits per heavy atom. The fourth-order valence-electron chi connectivity index (χ4n) is 2.15. The maximum Gasteiger partial charge on any atom is 0.0854 e. The highest BCUT2D eigenvalue weighted by Crippen LogP contribution is 2.33. The van der Waals surface area contributed by atoms with Crippen molar-refractivity contribution in [3.63, 3.8) is 0 Å². The van der Waals surface area contributed by atoms with Gasteiger partial charge in [-0.2, -0.15) is 0 Å². The number of nitrogens with two attached hydrogens (primary N) is 1. The predicted octanol–water partition coefficient (Wildman–Crippen LogP) is 2.62. The van der Waals surface area contributed by atoms with E-state index in [1.54, 1.807) is 7.11 Å². The lowest BCUT2D eigenvalue weighted by Gasteiger charge is -2.36. The summed E-state index contributed by atoms with van der Waals surface area (Å²) in [4.78, 5) is 0. The van der Waals surface area contributed by atoms with Crippen LogP contribution in [0.4, 0.5) is 0 Å². The van der Waals surface area contributed by atoms with Crippen molar-refractivity contribution in [2.24, 2.45) is 5.84 Å². The third kappa shape index (κ3) is 2.68. The maximum absolute atomic E-state index is 5.73. The number of hydrogen-bond donors (Lipinski definition) is 2. The van der Waals surface area contributed by atoms with Gasteiger partial charge in [0.1, 0.15) is 0 Å². The van der Waals surface area contributed by atoms with Crippen molar-refractivity contribution in [2.75, 3.05) is 7.11 Å². The van der Waals surface area contributed by atoms with E-state index in [0.29, 0.717) is 0 Å². The van der Waals surface area contributed by atoms with Gasteiger partial charge in [0, 0.05) is 7.11 Å². The molecule has 96 valence electrons. The van der Waals surface area contributed by atoms with Gasteiger partial charge in [0.05, 0.1) is 11.6 Å². The first-order valence-electron chi connectivity index (χ1n) is 6.07. The summed E-state index contributed by atoms with van der Waals surface area (Å²) in [5.41, 5.74) is 6.36. The Labute approximate surface area is 104 Å². The van der Waals surface area contributed by atoms with Crippen molar-refractivity contribution in [3.05, 3.63) is 34.9 Å². The van der Waals surface area contributed by atoms with E-state index in [1.807, 2.05) is 0 Å². The first kappa shape index (κ1) is 14.2. The molecule has 0 aromatic heterocycles. The van der Waals surface area contributed by atoms with Gasteiger partial charge in [0.15, 0.2) is 0 Å². The number of hydrazine groups is 1. The second kappa shape index (κ2) is 5.63. The second-order valence-corrected chi connectivity index (χ2v) is 4.76. The Hall–Kier alpha value is -0.900. The molecule has 3 heteroatoms. The van der Waals surface area contributed by atoms with Gasteiger partial charge in [-0.3, -0.25) is 11.3 Å². The predicted molar refractivity (Wildman–Crippen MR) is 71.7 cm³/mol. The van der Waals surface area contributed by atoms with E-state index in [2.05, 4.69) is 51.3 Å². The zero-order valence-electron chi connectivity index (χ0n) is 11.5. The highest BCUT2D eigenvalue weighted by atomic mass is 16.5. The van der Waals surface area contributed by atoms with Gasteiger partial charge in [-0.05, 0) is 43.9 Å². The van der Waals surface area contributed by atoms with Gasteiger partial charge in [0.25, 0.3) is 0 Å². The van der Waals surface area contributed by atoms with Crippen LogP contribution in [-0.4, -0.2) is 12.7 Å². The molecule has 2 unspecified atom stereocenters. The van der Waals surface area contributed by atoms with Crippen LogP contribution in [0.2, 0.25) is 0 Å². The molecule has 0 aliphatic heterocycles. The summed E-state index contributed by atoms with van der Waals surface area (Å²) in [6, 6.07) is 6.29. The summed E-state index contributed by atoms with van der Waals surface area (Å²) >= 11 is 0. The largest absolute Gasteiger partial charge is 0.376 e. The Balaban J connectivity index is 3.22. The van der Waals surface area contributed by atoms with Crippen LogP contribution in [0, 0.1) is 13.8 Å². The molecule has 17 heavy (non-hydrogen) atoms. The van der Waals surface area contributed by atoms with Crippen molar-refractivity contribution in [2.45, 2.75) is 45.8 Å². The molecule has 0 fully saturated rings. The SMILES string of the molecule is CCC(C)(OC)C(NN)c1cccc(C)c1C.